The van der Waals surface area contributed by atoms with Crippen LogP contribution >= 0.6 is 11.3 Å². The van der Waals surface area contributed by atoms with Crippen LogP contribution in [-0.4, -0.2) is 26.0 Å². The highest BCUT2D eigenvalue weighted by Crippen LogP contribution is 2.34. The molecule has 1 amide bonds. The Morgan fingerprint density at radius 3 is 2.77 bits per heavy atom. The first-order valence-corrected chi connectivity index (χ1v) is 9.94. The van der Waals surface area contributed by atoms with Gasteiger partial charge in [0.05, 0.1) is 17.0 Å². The number of pyridine rings is 1. The molecule has 1 aromatic carbocycles. The summed E-state index contributed by atoms with van der Waals surface area (Å²) >= 11 is 1.36. The van der Waals surface area contributed by atoms with Crippen LogP contribution in [0.5, 0.6) is 0 Å². The van der Waals surface area contributed by atoms with Crippen LogP contribution in [0.3, 0.4) is 0 Å². The van der Waals surface area contributed by atoms with Crippen LogP contribution in [0.1, 0.15) is 10.8 Å². The maximum absolute atomic E-state index is 12.1. The molecule has 0 bridgehead atoms. The molecule has 10 heteroatoms. The molecule has 0 fully saturated rings. The molecule has 0 aliphatic carbocycles. The van der Waals surface area contributed by atoms with E-state index in [1.807, 2.05) is 0 Å². The van der Waals surface area contributed by atoms with E-state index in [0.717, 1.165) is 15.3 Å². The van der Waals surface area contributed by atoms with Gasteiger partial charge in [0.25, 0.3) is 5.69 Å². The first-order valence-electron chi connectivity index (χ1n) is 9.12. The van der Waals surface area contributed by atoms with Crippen molar-refractivity contribution < 1.29 is 14.2 Å². The second kappa shape index (κ2) is 9.09. The van der Waals surface area contributed by atoms with E-state index in [-0.39, 0.29) is 24.0 Å². The number of hydrogen-bond acceptors (Lipinski definition) is 8. The lowest BCUT2D eigenvalue weighted by Gasteiger charge is -1.98. The van der Waals surface area contributed by atoms with Gasteiger partial charge in [-0.1, -0.05) is 17.3 Å². The van der Waals surface area contributed by atoms with E-state index < -0.39 is 4.92 Å². The Balaban J connectivity index is 1.36. The average molecular weight is 433 g/mol. The molecule has 4 rings (SSSR count). The molecule has 9 nitrogen and oxygen atoms in total. The van der Waals surface area contributed by atoms with Crippen LogP contribution < -0.4 is 5.32 Å². The number of nitro groups is 1. The predicted molar refractivity (Wildman–Crippen MR) is 115 cm³/mol. The number of hydrogen-bond donors (Lipinski definition) is 1. The number of aromatic nitrogens is 3. The summed E-state index contributed by atoms with van der Waals surface area (Å²) in [6.07, 6.45) is 6.29. The molecule has 31 heavy (non-hydrogen) atoms. The fourth-order valence-electron chi connectivity index (χ4n) is 2.75. The maximum Gasteiger partial charge on any atom is 0.278 e. The number of carbonyl (C=O) groups is 1. The summed E-state index contributed by atoms with van der Waals surface area (Å²) in [5.41, 5.74) is 1.36. The van der Waals surface area contributed by atoms with Gasteiger partial charge in [0.1, 0.15) is 0 Å². The Hall–Kier alpha value is -4.18. The van der Waals surface area contributed by atoms with Crippen molar-refractivity contribution in [1.29, 1.82) is 0 Å². The third kappa shape index (κ3) is 4.87. The molecule has 0 unspecified atom stereocenters. The molecule has 0 atom stereocenters. The third-order valence-electron chi connectivity index (χ3n) is 4.21. The Kier molecular flexibility index (Phi) is 5.90. The van der Waals surface area contributed by atoms with Crippen molar-refractivity contribution in [2.45, 2.75) is 6.54 Å². The van der Waals surface area contributed by atoms with Gasteiger partial charge < -0.3 is 9.84 Å². The average Bonchev–Trinajstić information content (AvgIpc) is 3.47. The normalized spacial score (nSPS) is 11.0. The van der Waals surface area contributed by atoms with Crippen molar-refractivity contribution in [3.63, 3.8) is 0 Å². The number of nitrogens with one attached hydrogen (secondary N) is 1. The van der Waals surface area contributed by atoms with E-state index in [0.29, 0.717) is 11.4 Å². The van der Waals surface area contributed by atoms with E-state index in [1.165, 1.54) is 23.5 Å². The fraction of sp³-hybridized carbons (Fsp3) is 0.0476. The van der Waals surface area contributed by atoms with Crippen LogP contribution in [-0.2, 0) is 11.3 Å². The highest BCUT2D eigenvalue weighted by Gasteiger charge is 2.15. The summed E-state index contributed by atoms with van der Waals surface area (Å²) in [5.74, 6) is 0.371. The minimum atomic E-state index is -0.407. The largest absolute Gasteiger partial charge is 0.343 e. The maximum atomic E-state index is 12.1. The Morgan fingerprint density at radius 2 is 1.97 bits per heavy atom. The van der Waals surface area contributed by atoms with E-state index in [9.17, 15) is 14.9 Å². The van der Waals surface area contributed by atoms with Gasteiger partial charge >= 0.3 is 0 Å². The summed E-state index contributed by atoms with van der Waals surface area (Å²) in [4.78, 5) is 32.6. The van der Waals surface area contributed by atoms with Gasteiger partial charge in [0.2, 0.25) is 17.6 Å². The molecular weight excluding hydrogens is 418 g/mol. The van der Waals surface area contributed by atoms with Gasteiger partial charge in [-0.3, -0.25) is 19.9 Å². The van der Waals surface area contributed by atoms with Crippen molar-refractivity contribution in [3.05, 3.63) is 87.9 Å². The number of thiophene rings is 1. The first kappa shape index (κ1) is 20.1. The summed E-state index contributed by atoms with van der Waals surface area (Å²) in [5, 5.41) is 17.8. The van der Waals surface area contributed by atoms with E-state index >= 15 is 0 Å². The van der Waals surface area contributed by atoms with Gasteiger partial charge in [-0.25, -0.2) is 0 Å². The van der Waals surface area contributed by atoms with Gasteiger partial charge in [0, 0.05) is 39.9 Å². The van der Waals surface area contributed by atoms with Crippen LogP contribution in [0.25, 0.3) is 27.9 Å². The molecule has 1 N–H and O–H groups in total. The number of nitrogens with zero attached hydrogens (tertiary/aromatic N) is 4. The van der Waals surface area contributed by atoms with Crippen LogP contribution in [0.15, 0.2) is 71.5 Å². The van der Waals surface area contributed by atoms with Gasteiger partial charge in [-0.2, -0.15) is 4.98 Å². The lowest BCUT2D eigenvalue weighted by molar-refractivity contribution is -0.384. The smallest absolute Gasteiger partial charge is 0.278 e. The molecule has 0 saturated heterocycles. The standard InChI is InChI=1S/C21H15N5O4S/c27-19(23-13-20-24-21(25-30-20)14-9-11-22-12-10-14)8-6-15-5-7-18(31-15)16-3-1-2-4-17(16)26(28)29/h1-12H,13H2,(H,23,27). The topological polar surface area (TPSA) is 124 Å². The molecule has 0 spiro atoms. The fourth-order valence-corrected chi connectivity index (χ4v) is 3.70. The minimum absolute atomic E-state index is 0.0447. The Bertz CT molecular complexity index is 1250. The number of rotatable bonds is 7. The minimum Gasteiger partial charge on any atom is -0.343 e. The van der Waals surface area contributed by atoms with Crippen LogP contribution in [0, 0.1) is 10.1 Å². The number of benzene rings is 1. The molecule has 0 saturated carbocycles. The SMILES string of the molecule is O=C(C=Cc1ccc(-c2ccccc2[N+](=O)[O-])s1)NCc1nc(-c2ccncc2)no1. The van der Waals surface area contributed by atoms with Crippen molar-refractivity contribution >= 4 is 29.0 Å². The molecule has 0 aliphatic rings. The molecule has 0 radical (unpaired) electrons. The zero-order chi connectivity index (χ0) is 21.6. The predicted octanol–water partition coefficient (Wildman–Crippen LogP) is 4.10. The summed E-state index contributed by atoms with van der Waals surface area (Å²) in [6, 6.07) is 13.7. The van der Waals surface area contributed by atoms with Crippen LogP contribution in [0.2, 0.25) is 0 Å². The molecule has 3 aromatic heterocycles. The molecular formula is C21H15N5O4S. The monoisotopic (exact) mass is 433 g/mol. The van der Waals surface area contributed by atoms with E-state index in [2.05, 4.69) is 20.4 Å². The first-order chi connectivity index (χ1) is 15.1. The number of para-hydroxylation sites is 1. The molecule has 3 heterocycles. The highest BCUT2D eigenvalue weighted by atomic mass is 32.1. The van der Waals surface area contributed by atoms with Gasteiger partial charge in [0.15, 0.2) is 0 Å². The number of nitro benzene ring substituents is 1. The lowest BCUT2D eigenvalue weighted by Crippen LogP contribution is -2.20. The van der Waals surface area contributed by atoms with E-state index in [4.69, 9.17) is 4.52 Å². The van der Waals surface area contributed by atoms with Crippen molar-refractivity contribution in [1.82, 2.24) is 20.4 Å². The zero-order valence-corrected chi connectivity index (χ0v) is 16.8. The Morgan fingerprint density at radius 1 is 1.16 bits per heavy atom. The Labute approximate surface area is 180 Å². The van der Waals surface area contributed by atoms with Crippen LogP contribution in [0.4, 0.5) is 5.69 Å². The molecule has 154 valence electrons. The van der Waals surface area contributed by atoms with Crippen molar-refractivity contribution in [3.8, 4) is 21.8 Å². The third-order valence-corrected chi connectivity index (χ3v) is 5.30. The molecule has 0 aliphatic heterocycles. The highest BCUT2D eigenvalue weighted by molar-refractivity contribution is 7.16. The quantitative estimate of drug-likeness (QED) is 0.264. The van der Waals surface area contributed by atoms with E-state index in [1.54, 1.807) is 60.9 Å². The van der Waals surface area contributed by atoms with Crippen molar-refractivity contribution in [2.24, 2.45) is 0 Å². The summed E-state index contributed by atoms with van der Waals surface area (Å²) in [6.45, 7) is 0.0904. The van der Waals surface area contributed by atoms with Crippen molar-refractivity contribution in [2.75, 3.05) is 0 Å². The van der Waals surface area contributed by atoms with Gasteiger partial charge in [-0.15, -0.1) is 11.3 Å². The second-order valence-corrected chi connectivity index (χ2v) is 7.39. The lowest BCUT2D eigenvalue weighted by atomic mass is 10.1. The summed E-state index contributed by atoms with van der Waals surface area (Å²) < 4.78 is 5.14. The van der Waals surface area contributed by atoms with Gasteiger partial charge in [-0.05, 0) is 36.4 Å². The molecule has 4 aromatic rings. The number of amides is 1. The zero-order valence-electron chi connectivity index (χ0n) is 16.0. The second-order valence-electron chi connectivity index (χ2n) is 6.28. The number of carbonyl (C=O) groups excluding carboxylic acids is 1. The summed E-state index contributed by atoms with van der Waals surface area (Å²) in [7, 11) is 0.